The van der Waals surface area contributed by atoms with E-state index in [9.17, 15) is 18.5 Å². The van der Waals surface area contributed by atoms with Crippen LogP contribution in [0, 0.1) is 11.3 Å². The maximum absolute atomic E-state index is 12.7. The summed E-state index contributed by atoms with van der Waals surface area (Å²) < 4.78 is 30.7. The summed E-state index contributed by atoms with van der Waals surface area (Å²) in [5, 5.41) is 18.8. The molecule has 0 unspecified atom stereocenters. The minimum Gasteiger partial charge on any atom is -0.378 e. The average molecular weight is 430 g/mol. The van der Waals surface area contributed by atoms with Gasteiger partial charge in [-0.15, -0.1) is 0 Å². The van der Waals surface area contributed by atoms with Crippen LogP contribution in [0.25, 0.3) is 0 Å². The van der Waals surface area contributed by atoms with Crippen LogP contribution < -0.4 is 10.2 Å². The molecule has 1 amide bonds. The molecular weight excluding hydrogens is 406 g/mol. The van der Waals surface area contributed by atoms with Gasteiger partial charge in [0.15, 0.2) is 15.7 Å². The number of aromatic amines is 1. The van der Waals surface area contributed by atoms with Crippen molar-refractivity contribution in [2.45, 2.75) is 35.8 Å². The van der Waals surface area contributed by atoms with Gasteiger partial charge in [0.1, 0.15) is 17.5 Å². The molecule has 1 aromatic heterocycles. The molecule has 0 spiro atoms. The van der Waals surface area contributed by atoms with Crippen molar-refractivity contribution in [1.82, 2.24) is 10.2 Å². The number of amides is 1. The van der Waals surface area contributed by atoms with Crippen molar-refractivity contribution >= 4 is 27.4 Å². The van der Waals surface area contributed by atoms with Crippen molar-refractivity contribution < 1.29 is 17.9 Å². The predicted molar refractivity (Wildman–Crippen MR) is 110 cm³/mol. The molecule has 1 aliphatic heterocycles. The Morgan fingerprint density at radius 1 is 1.20 bits per heavy atom. The van der Waals surface area contributed by atoms with Crippen LogP contribution in [0.1, 0.15) is 41.6 Å². The first-order chi connectivity index (χ1) is 14.5. The maximum atomic E-state index is 12.7. The molecule has 2 N–H and O–H groups in total. The summed E-state index contributed by atoms with van der Waals surface area (Å²) in [7, 11) is -3.37. The summed E-state index contributed by atoms with van der Waals surface area (Å²) in [6, 6.07) is 8.01. The lowest BCUT2D eigenvalue weighted by Gasteiger charge is -2.26. The summed E-state index contributed by atoms with van der Waals surface area (Å²) in [5.74, 6) is 0.245. The van der Waals surface area contributed by atoms with E-state index in [1.807, 2.05) is 4.90 Å². The number of carbonyl (C=O) groups excluding carboxylic acids is 1. The van der Waals surface area contributed by atoms with Crippen LogP contribution in [0.3, 0.4) is 0 Å². The van der Waals surface area contributed by atoms with Gasteiger partial charge in [0, 0.05) is 18.7 Å². The second-order valence-electron chi connectivity index (χ2n) is 7.44. The fraction of sp³-hybridized carbons (Fsp3) is 0.450. The van der Waals surface area contributed by atoms with Crippen LogP contribution in [0.5, 0.6) is 0 Å². The highest BCUT2D eigenvalue weighted by atomic mass is 32.2. The van der Waals surface area contributed by atoms with Gasteiger partial charge in [-0.1, -0.05) is 12.8 Å². The molecule has 2 aromatic rings. The molecule has 1 saturated carbocycles. The fourth-order valence-corrected chi connectivity index (χ4v) is 5.76. The number of nitrogens with one attached hydrogen (secondary N) is 2. The van der Waals surface area contributed by atoms with Gasteiger partial charge >= 0.3 is 0 Å². The largest absolute Gasteiger partial charge is 0.378 e. The lowest BCUT2D eigenvalue weighted by Crippen LogP contribution is -2.36. The smallest absolute Gasteiger partial charge is 0.256 e. The lowest BCUT2D eigenvalue weighted by atomic mass is 10.2. The number of H-pyrrole nitrogens is 1. The van der Waals surface area contributed by atoms with E-state index in [1.165, 1.54) is 24.3 Å². The molecule has 2 aliphatic rings. The number of benzene rings is 1. The first-order valence-electron chi connectivity index (χ1n) is 9.97. The number of sulfone groups is 1. The highest BCUT2D eigenvalue weighted by Gasteiger charge is 2.30. The fourth-order valence-electron chi connectivity index (χ4n) is 3.91. The van der Waals surface area contributed by atoms with E-state index in [0.717, 1.165) is 12.8 Å². The van der Waals surface area contributed by atoms with Gasteiger partial charge in [-0.05, 0) is 37.1 Å². The predicted octanol–water partition coefficient (Wildman–Crippen LogP) is 2.09. The summed E-state index contributed by atoms with van der Waals surface area (Å²) >= 11 is 0. The monoisotopic (exact) mass is 429 g/mol. The average Bonchev–Trinajstić information content (AvgIpc) is 3.45. The van der Waals surface area contributed by atoms with Crippen molar-refractivity contribution in [3.05, 3.63) is 35.4 Å². The van der Waals surface area contributed by atoms with Gasteiger partial charge in [-0.25, -0.2) is 8.42 Å². The van der Waals surface area contributed by atoms with Crippen LogP contribution in [-0.4, -0.2) is 56.1 Å². The van der Waals surface area contributed by atoms with Gasteiger partial charge in [-0.3, -0.25) is 9.89 Å². The Morgan fingerprint density at radius 3 is 2.50 bits per heavy atom. The van der Waals surface area contributed by atoms with E-state index in [1.54, 1.807) is 0 Å². The number of anilines is 2. The summed E-state index contributed by atoms with van der Waals surface area (Å²) in [6.07, 6.45) is 3.24. The van der Waals surface area contributed by atoms with Crippen LogP contribution >= 0.6 is 0 Å². The molecule has 2 fully saturated rings. The van der Waals surface area contributed by atoms with Gasteiger partial charge in [-0.2, -0.15) is 10.4 Å². The number of hydrogen-bond donors (Lipinski definition) is 2. The Labute approximate surface area is 174 Å². The number of aromatic nitrogens is 2. The van der Waals surface area contributed by atoms with Gasteiger partial charge in [0.05, 0.1) is 23.4 Å². The van der Waals surface area contributed by atoms with E-state index in [-0.39, 0.29) is 21.5 Å². The van der Waals surface area contributed by atoms with Gasteiger partial charge in [0.25, 0.3) is 5.91 Å². The zero-order valence-electron chi connectivity index (χ0n) is 16.4. The molecule has 2 heterocycles. The number of nitrogens with zero attached hydrogens (tertiary/aromatic N) is 3. The quantitative estimate of drug-likeness (QED) is 0.745. The minimum absolute atomic E-state index is 0.214. The van der Waals surface area contributed by atoms with E-state index < -0.39 is 15.7 Å². The minimum atomic E-state index is -3.37. The molecule has 0 radical (unpaired) electrons. The van der Waals surface area contributed by atoms with Crippen LogP contribution in [0.4, 0.5) is 11.6 Å². The lowest BCUT2D eigenvalue weighted by molar-refractivity contribution is 0.102. The summed E-state index contributed by atoms with van der Waals surface area (Å²) in [5.41, 5.74) is 0.553. The number of nitriles is 1. The SMILES string of the molecule is N#Cc1c(N2CCOCC2)n[nH]c1NC(=O)c1ccc(S(=O)(=O)C2CCCC2)cc1. The Kier molecular flexibility index (Phi) is 5.74. The highest BCUT2D eigenvalue weighted by molar-refractivity contribution is 7.92. The Hall–Kier alpha value is -2.90. The molecule has 1 aromatic carbocycles. The van der Waals surface area contributed by atoms with E-state index in [2.05, 4.69) is 21.6 Å². The molecule has 10 heteroatoms. The van der Waals surface area contributed by atoms with Crippen molar-refractivity contribution in [1.29, 1.82) is 5.26 Å². The molecule has 158 valence electrons. The number of carbonyl (C=O) groups is 1. The number of rotatable bonds is 5. The number of morpholine rings is 1. The molecule has 0 bridgehead atoms. The number of hydrogen-bond acceptors (Lipinski definition) is 7. The second kappa shape index (κ2) is 8.45. The van der Waals surface area contributed by atoms with Gasteiger partial charge in [0.2, 0.25) is 0 Å². The third-order valence-electron chi connectivity index (χ3n) is 5.59. The van der Waals surface area contributed by atoms with Crippen molar-refractivity contribution in [3.8, 4) is 6.07 Å². The highest BCUT2D eigenvalue weighted by Crippen LogP contribution is 2.30. The first kappa shape index (κ1) is 20.4. The van der Waals surface area contributed by atoms with Gasteiger partial charge < -0.3 is 15.0 Å². The van der Waals surface area contributed by atoms with E-state index in [0.29, 0.717) is 50.5 Å². The Bertz CT molecular complexity index is 1060. The van der Waals surface area contributed by atoms with Crippen LogP contribution in [-0.2, 0) is 14.6 Å². The normalized spacial score (nSPS) is 17.6. The molecule has 9 nitrogen and oxygen atoms in total. The Morgan fingerprint density at radius 2 is 1.87 bits per heavy atom. The van der Waals surface area contributed by atoms with Crippen molar-refractivity contribution in [2.24, 2.45) is 0 Å². The standard InChI is InChI=1S/C20H23N5O4S/c21-13-17-18(23-24-19(17)25-9-11-29-12-10-25)22-20(26)14-5-7-16(8-6-14)30(27,28)15-3-1-2-4-15/h5-8,15H,1-4,9-12H2,(H2,22,23,24,26). The topological polar surface area (TPSA) is 128 Å². The molecule has 1 saturated heterocycles. The summed E-state index contributed by atoms with van der Waals surface area (Å²) in [4.78, 5) is 14.8. The van der Waals surface area contributed by atoms with Crippen LogP contribution in [0.15, 0.2) is 29.2 Å². The molecule has 1 aliphatic carbocycles. The molecular formula is C20H23N5O4S. The molecule has 30 heavy (non-hydrogen) atoms. The third-order valence-corrected chi connectivity index (χ3v) is 7.87. The van der Waals surface area contributed by atoms with Crippen LogP contribution in [0.2, 0.25) is 0 Å². The zero-order chi connectivity index (χ0) is 21.1. The molecule has 0 atom stereocenters. The van der Waals surface area contributed by atoms with Crippen molar-refractivity contribution in [2.75, 3.05) is 36.5 Å². The zero-order valence-corrected chi connectivity index (χ0v) is 17.2. The van der Waals surface area contributed by atoms with E-state index >= 15 is 0 Å². The summed E-state index contributed by atoms with van der Waals surface area (Å²) in [6.45, 7) is 2.33. The van der Waals surface area contributed by atoms with Crippen molar-refractivity contribution in [3.63, 3.8) is 0 Å². The maximum Gasteiger partial charge on any atom is 0.256 e. The Balaban J connectivity index is 1.49. The van der Waals surface area contributed by atoms with E-state index in [4.69, 9.17) is 4.74 Å². The first-order valence-corrected chi connectivity index (χ1v) is 11.5. The second-order valence-corrected chi connectivity index (χ2v) is 9.67. The number of ether oxygens (including phenoxy) is 1. The third kappa shape index (κ3) is 3.91. The molecule has 4 rings (SSSR count).